The third kappa shape index (κ3) is 5.24. The van der Waals surface area contributed by atoms with Gasteiger partial charge >= 0.3 is 6.18 Å². The summed E-state index contributed by atoms with van der Waals surface area (Å²) in [6.07, 6.45) is -2.89. The Morgan fingerprint density at radius 2 is 1.75 bits per heavy atom. The highest BCUT2D eigenvalue weighted by molar-refractivity contribution is 5.71. The number of nitriles is 1. The predicted molar refractivity (Wildman–Crippen MR) is 96.7 cm³/mol. The van der Waals surface area contributed by atoms with Crippen LogP contribution in [0.25, 0.3) is 11.1 Å². The maximum Gasteiger partial charge on any atom is 0.422 e. The van der Waals surface area contributed by atoms with Crippen LogP contribution in [0.4, 0.5) is 13.2 Å². The number of rotatable bonds is 6. The highest BCUT2D eigenvalue weighted by atomic mass is 19.4. The Hall–Kier alpha value is -3.53. The second-order valence-corrected chi connectivity index (χ2v) is 5.88. The fraction of sp³-hybridized carbons (Fsp3) is 0.143. The average Bonchev–Trinajstić information content (AvgIpc) is 2.71. The molecular formula is C21H15F3N2O2. The molecule has 0 saturated carbocycles. The molecule has 28 heavy (non-hydrogen) atoms. The number of hydrogen-bond donors (Lipinski definition) is 0. The standard InChI is InChI=1S/C21H15F3N2O2/c22-21(23,24)14-28-18-7-8-19(17(10-18)11-25)16-6-9-20(26-12-16)27-13-15-4-2-1-3-5-15/h1-10,12H,13-14H2. The van der Waals surface area contributed by atoms with Gasteiger partial charge in [-0.05, 0) is 29.8 Å². The molecule has 2 aromatic carbocycles. The van der Waals surface area contributed by atoms with Crippen molar-refractivity contribution in [2.45, 2.75) is 12.8 Å². The molecule has 0 spiro atoms. The minimum Gasteiger partial charge on any atom is -0.484 e. The molecule has 0 saturated heterocycles. The van der Waals surface area contributed by atoms with E-state index in [1.165, 1.54) is 18.2 Å². The molecule has 7 heteroatoms. The molecular weight excluding hydrogens is 369 g/mol. The van der Waals surface area contributed by atoms with Crippen molar-refractivity contribution in [3.05, 3.63) is 78.0 Å². The fourth-order valence-electron chi connectivity index (χ4n) is 2.48. The summed E-state index contributed by atoms with van der Waals surface area (Å²) in [7, 11) is 0. The SMILES string of the molecule is N#Cc1cc(OCC(F)(F)F)ccc1-c1ccc(OCc2ccccc2)nc1. The molecule has 1 aromatic heterocycles. The molecule has 0 atom stereocenters. The lowest BCUT2D eigenvalue weighted by atomic mass is 10.0. The zero-order valence-corrected chi connectivity index (χ0v) is 14.6. The molecule has 0 unspecified atom stereocenters. The summed E-state index contributed by atoms with van der Waals surface area (Å²) in [4.78, 5) is 4.22. The van der Waals surface area contributed by atoms with E-state index in [1.54, 1.807) is 18.3 Å². The van der Waals surface area contributed by atoms with E-state index in [9.17, 15) is 18.4 Å². The first-order chi connectivity index (χ1) is 13.4. The lowest BCUT2D eigenvalue weighted by Gasteiger charge is -2.11. The molecule has 0 amide bonds. The van der Waals surface area contributed by atoms with Crippen molar-refractivity contribution in [3.8, 4) is 28.8 Å². The molecule has 0 fully saturated rings. The van der Waals surface area contributed by atoms with Gasteiger partial charge in [-0.15, -0.1) is 0 Å². The van der Waals surface area contributed by atoms with Gasteiger partial charge < -0.3 is 9.47 Å². The molecule has 4 nitrogen and oxygen atoms in total. The van der Waals surface area contributed by atoms with Crippen LogP contribution in [0.2, 0.25) is 0 Å². The molecule has 0 aliphatic carbocycles. The normalized spacial score (nSPS) is 10.9. The summed E-state index contributed by atoms with van der Waals surface area (Å²) in [5.41, 5.74) is 2.39. The van der Waals surface area contributed by atoms with Crippen LogP contribution in [0.15, 0.2) is 66.9 Å². The van der Waals surface area contributed by atoms with Crippen LogP contribution in [-0.2, 0) is 6.61 Å². The summed E-state index contributed by atoms with van der Waals surface area (Å²) >= 11 is 0. The second-order valence-electron chi connectivity index (χ2n) is 5.88. The summed E-state index contributed by atoms with van der Waals surface area (Å²) in [6, 6.07) is 19.2. The Morgan fingerprint density at radius 1 is 0.964 bits per heavy atom. The second kappa shape index (κ2) is 8.44. The highest BCUT2D eigenvalue weighted by Gasteiger charge is 2.28. The van der Waals surface area contributed by atoms with Gasteiger partial charge in [0.2, 0.25) is 5.88 Å². The molecule has 3 rings (SSSR count). The monoisotopic (exact) mass is 384 g/mol. The smallest absolute Gasteiger partial charge is 0.422 e. The van der Waals surface area contributed by atoms with Crippen molar-refractivity contribution in [2.24, 2.45) is 0 Å². The molecule has 0 N–H and O–H groups in total. The van der Waals surface area contributed by atoms with E-state index in [2.05, 4.69) is 9.72 Å². The van der Waals surface area contributed by atoms with Crippen molar-refractivity contribution in [1.82, 2.24) is 4.98 Å². The van der Waals surface area contributed by atoms with E-state index in [4.69, 9.17) is 4.74 Å². The van der Waals surface area contributed by atoms with Gasteiger partial charge in [0.05, 0.1) is 11.6 Å². The Balaban J connectivity index is 1.71. The third-order valence-electron chi connectivity index (χ3n) is 3.79. The molecule has 0 aliphatic heterocycles. The van der Waals surface area contributed by atoms with E-state index in [0.717, 1.165) is 5.56 Å². The zero-order valence-electron chi connectivity index (χ0n) is 14.6. The minimum absolute atomic E-state index is 0.0200. The highest BCUT2D eigenvalue weighted by Crippen LogP contribution is 2.28. The number of ether oxygens (including phenoxy) is 2. The first-order valence-electron chi connectivity index (χ1n) is 8.31. The van der Waals surface area contributed by atoms with E-state index in [-0.39, 0.29) is 11.3 Å². The molecule has 142 valence electrons. The minimum atomic E-state index is -4.44. The van der Waals surface area contributed by atoms with Gasteiger partial charge in [-0.25, -0.2) is 4.98 Å². The van der Waals surface area contributed by atoms with E-state index >= 15 is 0 Å². The average molecular weight is 384 g/mol. The number of aromatic nitrogens is 1. The quantitative estimate of drug-likeness (QED) is 0.590. The van der Waals surface area contributed by atoms with Gasteiger partial charge in [0, 0.05) is 23.4 Å². The Labute approximate surface area is 159 Å². The van der Waals surface area contributed by atoms with Gasteiger partial charge in [0.25, 0.3) is 0 Å². The molecule has 3 aromatic rings. The molecule has 0 bridgehead atoms. The largest absolute Gasteiger partial charge is 0.484 e. The lowest BCUT2D eigenvalue weighted by molar-refractivity contribution is -0.153. The van der Waals surface area contributed by atoms with E-state index < -0.39 is 12.8 Å². The Bertz CT molecular complexity index is 966. The Morgan fingerprint density at radius 3 is 2.39 bits per heavy atom. The lowest BCUT2D eigenvalue weighted by Crippen LogP contribution is -2.19. The van der Waals surface area contributed by atoms with Gasteiger partial charge in [-0.2, -0.15) is 18.4 Å². The molecule has 0 aliphatic rings. The van der Waals surface area contributed by atoms with Crippen LogP contribution in [0.5, 0.6) is 11.6 Å². The number of pyridine rings is 1. The van der Waals surface area contributed by atoms with Crippen LogP contribution in [0.1, 0.15) is 11.1 Å². The van der Waals surface area contributed by atoms with Crippen molar-refractivity contribution in [2.75, 3.05) is 6.61 Å². The maximum atomic E-state index is 12.3. The molecule has 1 heterocycles. The Kier molecular flexibility index (Phi) is 5.80. The van der Waals surface area contributed by atoms with Crippen LogP contribution >= 0.6 is 0 Å². The maximum absolute atomic E-state index is 12.3. The summed E-state index contributed by atoms with van der Waals surface area (Å²) in [6.45, 7) is -1.03. The predicted octanol–water partition coefficient (Wildman–Crippen LogP) is 5.14. The van der Waals surface area contributed by atoms with Crippen LogP contribution in [-0.4, -0.2) is 17.8 Å². The summed E-state index contributed by atoms with van der Waals surface area (Å²) in [5.74, 6) is 0.407. The number of alkyl halides is 3. The van der Waals surface area contributed by atoms with Crippen molar-refractivity contribution >= 4 is 0 Å². The summed E-state index contributed by atoms with van der Waals surface area (Å²) in [5, 5.41) is 9.32. The first-order valence-corrected chi connectivity index (χ1v) is 8.31. The number of benzene rings is 2. The first kappa shape index (κ1) is 19.2. The number of nitrogens with zero attached hydrogens (tertiary/aromatic N) is 2. The topological polar surface area (TPSA) is 55.1 Å². The zero-order chi connectivity index (χ0) is 20.0. The van der Waals surface area contributed by atoms with Crippen molar-refractivity contribution in [1.29, 1.82) is 5.26 Å². The van der Waals surface area contributed by atoms with Crippen LogP contribution in [0, 0.1) is 11.3 Å². The van der Waals surface area contributed by atoms with Gasteiger partial charge in [-0.3, -0.25) is 0 Å². The third-order valence-corrected chi connectivity index (χ3v) is 3.79. The number of halogens is 3. The van der Waals surface area contributed by atoms with E-state index in [0.29, 0.717) is 23.6 Å². The van der Waals surface area contributed by atoms with E-state index in [1.807, 2.05) is 36.4 Å². The van der Waals surface area contributed by atoms with Gasteiger partial charge in [0.15, 0.2) is 6.61 Å². The van der Waals surface area contributed by atoms with Crippen LogP contribution < -0.4 is 9.47 Å². The van der Waals surface area contributed by atoms with Gasteiger partial charge in [0.1, 0.15) is 12.4 Å². The van der Waals surface area contributed by atoms with Crippen LogP contribution in [0.3, 0.4) is 0 Å². The summed E-state index contributed by atoms with van der Waals surface area (Å²) < 4.78 is 47.1. The van der Waals surface area contributed by atoms with Gasteiger partial charge in [-0.1, -0.05) is 30.3 Å². The fourth-order valence-corrected chi connectivity index (χ4v) is 2.48. The van der Waals surface area contributed by atoms with Crippen molar-refractivity contribution in [3.63, 3.8) is 0 Å². The number of hydrogen-bond acceptors (Lipinski definition) is 4. The van der Waals surface area contributed by atoms with Crippen molar-refractivity contribution < 1.29 is 22.6 Å². The molecule has 0 radical (unpaired) electrons.